The molecule has 2 rings (SSSR count). The fourth-order valence-electron chi connectivity index (χ4n) is 1.08. The van der Waals surface area contributed by atoms with Crippen molar-refractivity contribution in [3.05, 3.63) is 26.7 Å². The molecule has 0 aliphatic carbocycles. The maximum absolute atomic E-state index is 11.1. The highest BCUT2D eigenvalue weighted by atomic mass is 16.2. The average Bonchev–Trinajstić information content (AvgIpc) is 2.47. The molecule has 0 bridgehead atoms. The van der Waals surface area contributed by atoms with E-state index >= 15 is 0 Å². The first-order valence-electron chi connectivity index (χ1n) is 3.62. The second-order valence-electron chi connectivity index (χ2n) is 2.52. The summed E-state index contributed by atoms with van der Waals surface area (Å²) in [4.78, 5) is 33.0. The van der Waals surface area contributed by atoms with E-state index in [4.69, 9.17) is 5.73 Å². The summed E-state index contributed by atoms with van der Waals surface area (Å²) in [7, 11) is 0. The number of nitrogens with two attached hydrogens (primary N) is 1. The van der Waals surface area contributed by atoms with Gasteiger partial charge in [-0.25, -0.2) is 9.78 Å². The van der Waals surface area contributed by atoms with Crippen LogP contribution in [0.5, 0.6) is 0 Å². The molecule has 2 aromatic heterocycles. The molecule has 0 spiro atoms. The smallest absolute Gasteiger partial charge is 0.327 e. The standard InChI is InChI=1S/C6H7N5O2/c7-1-2-8-3-4(9-2)10-6(13)11-5(3)12/h1,7H2,(H3,8,9,10,11,12,13). The van der Waals surface area contributed by atoms with E-state index < -0.39 is 11.2 Å². The van der Waals surface area contributed by atoms with Gasteiger partial charge in [0.15, 0.2) is 5.65 Å². The van der Waals surface area contributed by atoms with Crippen LogP contribution in [-0.4, -0.2) is 19.9 Å². The van der Waals surface area contributed by atoms with Crippen molar-refractivity contribution in [3.8, 4) is 0 Å². The van der Waals surface area contributed by atoms with Gasteiger partial charge in [0, 0.05) is 0 Å². The van der Waals surface area contributed by atoms with Crippen LogP contribution in [0.3, 0.4) is 0 Å². The Morgan fingerprint density at radius 1 is 1.23 bits per heavy atom. The third-order valence-corrected chi connectivity index (χ3v) is 1.63. The Hall–Kier alpha value is -1.89. The number of aromatic nitrogens is 4. The summed E-state index contributed by atoms with van der Waals surface area (Å²) in [5.41, 5.74) is 4.70. The molecular weight excluding hydrogens is 174 g/mol. The zero-order valence-electron chi connectivity index (χ0n) is 6.55. The van der Waals surface area contributed by atoms with Gasteiger partial charge in [-0.1, -0.05) is 0 Å². The zero-order chi connectivity index (χ0) is 9.42. The van der Waals surface area contributed by atoms with Crippen LogP contribution in [0.15, 0.2) is 9.59 Å². The first-order chi connectivity index (χ1) is 6.20. The largest absolute Gasteiger partial charge is 0.335 e. The molecule has 13 heavy (non-hydrogen) atoms. The molecule has 7 heteroatoms. The summed E-state index contributed by atoms with van der Waals surface area (Å²) in [6.45, 7) is 0.191. The minimum atomic E-state index is -0.576. The van der Waals surface area contributed by atoms with E-state index in [0.29, 0.717) is 5.82 Å². The Labute approximate surface area is 71.0 Å². The number of nitrogens with zero attached hydrogens (tertiary/aromatic N) is 1. The number of hydrogen-bond acceptors (Lipinski definition) is 4. The maximum atomic E-state index is 11.1. The highest BCUT2D eigenvalue weighted by Gasteiger charge is 2.05. The van der Waals surface area contributed by atoms with Crippen LogP contribution in [0.25, 0.3) is 11.2 Å². The highest BCUT2D eigenvalue weighted by Crippen LogP contribution is 1.99. The van der Waals surface area contributed by atoms with Gasteiger partial charge in [-0.15, -0.1) is 0 Å². The molecule has 68 valence electrons. The summed E-state index contributed by atoms with van der Waals surface area (Å²) in [5.74, 6) is 0.461. The summed E-state index contributed by atoms with van der Waals surface area (Å²) in [6.07, 6.45) is 0. The molecule has 0 unspecified atom stereocenters. The highest BCUT2D eigenvalue weighted by molar-refractivity contribution is 5.68. The van der Waals surface area contributed by atoms with E-state index in [9.17, 15) is 9.59 Å². The minimum absolute atomic E-state index is 0.191. The second kappa shape index (κ2) is 2.56. The van der Waals surface area contributed by atoms with Crippen molar-refractivity contribution in [2.45, 2.75) is 6.54 Å². The van der Waals surface area contributed by atoms with Gasteiger partial charge in [0.2, 0.25) is 0 Å². The van der Waals surface area contributed by atoms with E-state index in [0.717, 1.165) is 0 Å². The SMILES string of the molecule is NCc1nc2[nH]c(=O)[nH]c(=O)c2[nH]1. The fraction of sp³-hybridized carbons (Fsp3) is 0.167. The second-order valence-corrected chi connectivity index (χ2v) is 2.52. The molecule has 0 aliphatic heterocycles. The number of aromatic amines is 3. The van der Waals surface area contributed by atoms with Crippen LogP contribution in [0, 0.1) is 0 Å². The molecule has 0 saturated heterocycles. The summed E-state index contributed by atoms with van der Waals surface area (Å²) >= 11 is 0. The number of nitrogens with one attached hydrogen (secondary N) is 3. The van der Waals surface area contributed by atoms with Crippen molar-refractivity contribution in [1.82, 2.24) is 19.9 Å². The van der Waals surface area contributed by atoms with E-state index in [-0.39, 0.29) is 17.7 Å². The van der Waals surface area contributed by atoms with Crippen LogP contribution < -0.4 is 17.0 Å². The van der Waals surface area contributed by atoms with E-state index in [1.807, 2.05) is 0 Å². The van der Waals surface area contributed by atoms with E-state index in [2.05, 4.69) is 19.9 Å². The van der Waals surface area contributed by atoms with E-state index in [1.54, 1.807) is 0 Å². The first-order valence-corrected chi connectivity index (χ1v) is 3.62. The van der Waals surface area contributed by atoms with Gasteiger partial charge in [-0.3, -0.25) is 14.8 Å². The van der Waals surface area contributed by atoms with Gasteiger partial charge in [0.1, 0.15) is 11.3 Å². The zero-order valence-corrected chi connectivity index (χ0v) is 6.55. The number of H-pyrrole nitrogens is 3. The van der Waals surface area contributed by atoms with Gasteiger partial charge in [0.05, 0.1) is 6.54 Å². The molecule has 0 atom stereocenters. The lowest BCUT2D eigenvalue weighted by molar-refractivity contribution is 0.956. The third-order valence-electron chi connectivity index (χ3n) is 1.63. The average molecular weight is 181 g/mol. The third kappa shape index (κ3) is 1.14. The monoisotopic (exact) mass is 181 g/mol. The van der Waals surface area contributed by atoms with Crippen LogP contribution in [-0.2, 0) is 6.54 Å². The molecule has 7 nitrogen and oxygen atoms in total. The van der Waals surface area contributed by atoms with Gasteiger partial charge < -0.3 is 10.7 Å². The van der Waals surface area contributed by atoms with Gasteiger partial charge in [-0.05, 0) is 0 Å². The van der Waals surface area contributed by atoms with Crippen LogP contribution in [0.4, 0.5) is 0 Å². The van der Waals surface area contributed by atoms with Gasteiger partial charge in [-0.2, -0.15) is 0 Å². The molecule has 0 aromatic carbocycles. The lowest BCUT2D eigenvalue weighted by atomic mass is 10.5. The van der Waals surface area contributed by atoms with Crippen molar-refractivity contribution in [3.63, 3.8) is 0 Å². The lowest BCUT2D eigenvalue weighted by Crippen LogP contribution is -2.21. The molecule has 0 radical (unpaired) electrons. The summed E-state index contributed by atoms with van der Waals surface area (Å²) in [6, 6.07) is 0. The Balaban J connectivity index is 2.91. The molecule has 0 amide bonds. The van der Waals surface area contributed by atoms with Crippen LogP contribution in [0.2, 0.25) is 0 Å². The molecular formula is C6H7N5O2. The molecule has 2 heterocycles. The Morgan fingerprint density at radius 3 is 2.69 bits per heavy atom. The molecule has 5 N–H and O–H groups in total. The Kier molecular flexibility index (Phi) is 1.52. The Bertz CT molecular complexity index is 548. The molecule has 0 saturated carbocycles. The normalized spacial score (nSPS) is 10.8. The minimum Gasteiger partial charge on any atom is -0.335 e. The predicted molar refractivity (Wildman–Crippen MR) is 45.2 cm³/mol. The van der Waals surface area contributed by atoms with Crippen LogP contribution >= 0.6 is 0 Å². The fourth-order valence-corrected chi connectivity index (χ4v) is 1.08. The maximum Gasteiger partial charge on any atom is 0.327 e. The van der Waals surface area contributed by atoms with Gasteiger partial charge >= 0.3 is 5.69 Å². The Morgan fingerprint density at radius 2 is 2.00 bits per heavy atom. The van der Waals surface area contributed by atoms with Crippen LogP contribution in [0.1, 0.15) is 5.82 Å². The number of imidazole rings is 1. The van der Waals surface area contributed by atoms with Gasteiger partial charge in [0.25, 0.3) is 5.56 Å². The topological polar surface area (TPSA) is 120 Å². The van der Waals surface area contributed by atoms with Crippen molar-refractivity contribution in [2.75, 3.05) is 0 Å². The molecule has 0 aliphatic rings. The number of hydrogen-bond donors (Lipinski definition) is 4. The first kappa shape index (κ1) is 7.74. The predicted octanol–water partition coefficient (Wildman–Crippen LogP) is -1.60. The number of rotatable bonds is 1. The van der Waals surface area contributed by atoms with Crippen molar-refractivity contribution in [2.24, 2.45) is 5.73 Å². The van der Waals surface area contributed by atoms with Crippen molar-refractivity contribution in [1.29, 1.82) is 0 Å². The van der Waals surface area contributed by atoms with Crippen molar-refractivity contribution < 1.29 is 0 Å². The molecule has 0 fully saturated rings. The molecule has 2 aromatic rings. The quantitative estimate of drug-likeness (QED) is 0.423. The lowest BCUT2D eigenvalue weighted by Gasteiger charge is -1.83. The van der Waals surface area contributed by atoms with Crippen molar-refractivity contribution >= 4 is 11.2 Å². The van der Waals surface area contributed by atoms with E-state index in [1.165, 1.54) is 0 Å². The number of fused-ring (bicyclic) bond motifs is 1. The summed E-state index contributed by atoms with van der Waals surface area (Å²) < 4.78 is 0. The summed E-state index contributed by atoms with van der Waals surface area (Å²) in [5, 5.41) is 0.